The van der Waals surface area contributed by atoms with Crippen LogP contribution >= 0.6 is 0 Å². The summed E-state index contributed by atoms with van der Waals surface area (Å²) in [6, 6.07) is 7.17. The molecule has 0 bridgehead atoms. The van der Waals surface area contributed by atoms with Crippen LogP contribution in [0.1, 0.15) is 29.1 Å². The number of H-pyrrole nitrogens is 1. The average Bonchev–Trinajstić information content (AvgIpc) is 2.86. The van der Waals surface area contributed by atoms with Crippen LogP contribution < -0.4 is 10.9 Å². The highest BCUT2D eigenvalue weighted by Gasteiger charge is 2.16. The highest BCUT2D eigenvalue weighted by Crippen LogP contribution is 2.18. The summed E-state index contributed by atoms with van der Waals surface area (Å²) in [5, 5.41) is 7.12. The van der Waals surface area contributed by atoms with Crippen LogP contribution in [-0.4, -0.2) is 25.7 Å². The lowest BCUT2D eigenvalue weighted by atomic mass is 10.1. The number of aromatic nitrogens is 4. The van der Waals surface area contributed by atoms with Gasteiger partial charge in [-0.3, -0.25) is 14.6 Å². The number of aryl methyl sites for hydroxylation is 2. The zero-order valence-electron chi connectivity index (χ0n) is 15.3. The zero-order chi connectivity index (χ0) is 19.6. The third-order valence-electron chi connectivity index (χ3n) is 4.21. The van der Waals surface area contributed by atoms with Gasteiger partial charge in [0.2, 0.25) is 11.9 Å². The Morgan fingerprint density at radius 1 is 1.26 bits per heavy atom. The molecule has 2 aromatic heterocycles. The normalized spacial score (nSPS) is 10.8. The molecule has 1 aromatic carbocycles. The van der Waals surface area contributed by atoms with Gasteiger partial charge in [-0.2, -0.15) is 5.10 Å². The minimum absolute atomic E-state index is 0.214. The van der Waals surface area contributed by atoms with Crippen LogP contribution in [0.5, 0.6) is 0 Å². The Morgan fingerprint density at radius 3 is 2.74 bits per heavy atom. The second-order valence-electron chi connectivity index (χ2n) is 6.33. The van der Waals surface area contributed by atoms with Gasteiger partial charge in [0.15, 0.2) is 0 Å². The van der Waals surface area contributed by atoms with Crippen LogP contribution in [0.15, 0.2) is 35.1 Å². The van der Waals surface area contributed by atoms with Gasteiger partial charge in [-0.1, -0.05) is 6.07 Å². The van der Waals surface area contributed by atoms with Gasteiger partial charge in [0.1, 0.15) is 5.82 Å². The topological polar surface area (TPSA) is 92.7 Å². The Labute approximate surface area is 155 Å². The molecule has 0 radical (unpaired) electrons. The molecule has 1 amide bonds. The summed E-state index contributed by atoms with van der Waals surface area (Å²) in [7, 11) is 0. The molecule has 0 aliphatic rings. The number of benzene rings is 1. The van der Waals surface area contributed by atoms with E-state index in [9.17, 15) is 14.0 Å². The van der Waals surface area contributed by atoms with Crippen LogP contribution in [-0.2, 0) is 11.2 Å². The number of hydrogen-bond acceptors (Lipinski definition) is 4. The fraction of sp³-hybridized carbons (Fsp3) is 0.263. The van der Waals surface area contributed by atoms with Crippen LogP contribution in [0.4, 0.5) is 10.1 Å². The number of rotatable bonds is 5. The molecule has 3 rings (SSSR count). The lowest BCUT2D eigenvalue weighted by Crippen LogP contribution is -2.15. The minimum Gasteiger partial charge on any atom is -0.326 e. The minimum atomic E-state index is -0.402. The van der Waals surface area contributed by atoms with E-state index < -0.39 is 5.82 Å². The van der Waals surface area contributed by atoms with E-state index in [-0.39, 0.29) is 17.9 Å². The largest absolute Gasteiger partial charge is 0.326 e. The van der Waals surface area contributed by atoms with E-state index in [0.29, 0.717) is 23.8 Å². The number of nitrogens with one attached hydrogen (secondary N) is 2. The third kappa shape index (κ3) is 4.28. The van der Waals surface area contributed by atoms with Gasteiger partial charge >= 0.3 is 0 Å². The van der Waals surface area contributed by atoms with Crippen LogP contribution in [0.2, 0.25) is 0 Å². The molecule has 3 aromatic rings. The molecule has 8 heteroatoms. The number of halogens is 1. The first-order chi connectivity index (χ1) is 12.8. The molecule has 0 aliphatic heterocycles. The molecule has 2 N–H and O–H groups in total. The fourth-order valence-electron chi connectivity index (χ4n) is 2.93. The molecular formula is C19H20FN5O2. The number of carbonyl (C=O) groups excluding carboxylic acids is 1. The summed E-state index contributed by atoms with van der Waals surface area (Å²) >= 11 is 0. The van der Waals surface area contributed by atoms with Crippen molar-refractivity contribution in [2.24, 2.45) is 0 Å². The Morgan fingerprint density at radius 2 is 2.04 bits per heavy atom. The average molecular weight is 369 g/mol. The van der Waals surface area contributed by atoms with Crippen molar-refractivity contribution >= 4 is 11.6 Å². The molecule has 0 fully saturated rings. The summed E-state index contributed by atoms with van der Waals surface area (Å²) < 4.78 is 14.8. The van der Waals surface area contributed by atoms with Gasteiger partial charge in [-0.05, 0) is 51.0 Å². The number of aromatic amines is 1. The lowest BCUT2D eigenvalue weighted by Gasteiger charge is -2.07. The van der Waals surface area contributed by atoms with E-state index >= 15 is 0 Å². The van der Waals surface area contributed by atoms with Crippen molar-refractivity contribution in [1.82, 2.24) is 19.7 Å². The van der Waals surface area contributed by atoms with Gasteiger partial charge in [0.25, 0.3) is 5.56 Å². The summed E-state index contributed by atoms with van der Waals surface area (Å²) in [5.41, 5.74) is 3.24. The van der Waals surface area contributed by atoms with Crippen molar-refractivity contribution in [1.29, 1.82) is 0 Å². The SMILES string of the molecule is Cc1cc(=O)[nH]c(-n2nc(C)c(CCC(=O)Nc3cccc(F)c3)c2C)n1. The Bertz CT molecular complexity index is 1050. The highest BCUT2D eigenvalue weighted by molar-refractivity contribution is 5.90. The molecule has 0 atom stereocenters. The number of hydrogen-bond donors (Lipinski definition) is 2. The molecule has 0 unspecified atom stereocenters. The first-order valence-electron chi connectivity index (χ1n) is 8.52. The van der Waals surface area contributed by atoms with Crippen molar-refractivity contribution < 1.29 is 9.18 Å². The maximum Gasteiger partial charge on any atom is 0.252 e. The molecule has 140 valence electrons. The van der Waals surface area contributed by atoms with Crippen molar-refractivity contribution in [3.63, 3.8) is 0 Å². The first-order valence-corrected chi connectivity index (χ1v) is 8.52. The molecule has 0 spiro atoms. The third-order valence-corrected chi connectivity index (χ3v) is 4.21. The van der Waals surface area contributed by atoms with Crippen molar-refractivity contribution in [2.45, 2.75) is 33.6 Å². The van der Waals surface area contributed by atoms with Crippen LogP contribution in [0.3, 0.4) is 0 Å². The summed E-state index contributed by atoms with van der Waals surface area (Å²) in [4.78, 5) is 30.8. The van der Waals surface area contributed by atoms with E-state index in [1.165, 1.54) is 18.2 Å². The Kier molecular flexibility index (Phi) is 5.16. The van der Waals surface area contributed by atoms with E-state index in [1.807, 2.05) is 13.8 Å². The maximum atomic E-state index is 13.2. The van der Waals surface area contributed by atoms with Crippen LogP contribution in [0.25, 0.3) is 5.95 Å². The molecule has 0 saturated carbocycles. The Balaban J connectivity index is 1.75. The van der Waals surface area contributed by atoms with Crippen molar-refractivity contribution in [3.8, 4) is 5.95 Å². The van der Waals surface area contributed by atoms with Gasteiger partial charge in [0, 0.05) is 29.6 Å². The highest BCUT2D eigenvalue weighted by atomic mass is 19.1. The van der Waals surface area contributed by atoms with Gasteiger partial charge in [0.05, 0.1) is 5.69 Å². The zero-order valence-corrected chi connectivity index (χ0v) is 15.3. The second-order valence-corrected chi connectivity index (χ2v) is 6.33. The maximum absolute atomic E-state index is 13.2. The van der Waals surface area contributed by atoms with Crippen molar-refractivity contribution in [3.05, 3.63) is 69.1 Å². The summed E-state index contributed by atoms with van der Waals surface area (Å²) in [6.45, 7) is 5.45. The van der Waals surface area contributed by atoms with E-state index in [1.54, 1.807) is 23.7 Å². The smallest absolute Gasteiger partial charge is 0.252 e. The second kappa shape index (κ2) is 7.53. The molecule has 7 nitrogen and oxygen atoms in total. The van der Waals surface area contributed by atoms with Gasteiger partial charge in [-0.25, -0.2) is 14.1 Å². The van der Waals surface area contributed by atoms with Gasteiger partial charge in [-0.15, -0.1) is 0 Å². The lowest BCUT2D eigenvalue weighted by molar-refractivity contribution is -0.116. The molecule has 0 aliphatic carbocycles. The molecule has 0 saturated heterocycles. The number of anilines is 1. The monoisotopic (exact) mass is 369 g/mol. The Hall–Kier alpha value is -3.29. The fourth-order valence-corrected chi connectivity index (χ4v) is 2.93. The number of nitrogens with zero attached hydrogens (tertiary/aromatic N) is 3. The first kappa shape index (κ1) is 18.5. The van der Waals surface area contributed by atoms with Crippen molar-refractivity contribution in [2.75, 3.05) is 5.32 Å². The quantitative estimate of drug-likeness (QED) is 0.723. The standard InChI is InChI=1S/C19H20FN5O2/c1-11-9-18(27)23-19(21-11)25-13(3)16(12(2)24-25)7-8-17(26)22-15-6-4-5-14(20)10-15/h4-6,9-10H,7-8H2,1-3H3,(H,22,26)(H,21,23,27). The number of amides is 1. The molecule has 2 heterocycles. The summed E-state index contributed by atoms with van der Waals surface area (Å²) in [6.07, 6.45) is 0.691. The van der Waals surface area contributed by atoms with Crippen LogP contribution in [0, 0.1) is 26.6 Å². The van der Waals surface area contributed by atoms with Gasteiger partial charge < -0.3 is 5.32 Å². The van der Waals surface area contributed by atoms with E-state index in [2.05, 4.69) is 20.4 Å². The van der Waals surface area contributed by atoms with E-state index in [0.717, 1.165) is 17.0 Å². The summed E-state index contributed by atoms with van der Waals surface area (Å²) in [5.74, 6) is -0.272. The number of carbonyl (C=O) groups is 1. The predicted octanol–water partition coefficient (Wildman–Crippen LogP) is 2.59. The molecule has 27 heavy (non-hydrogen) atoms. The molecular weight excluding hydrogens is 349 g/mol. The van der Waals surface area contributed by atoms with E-state index in [4.69, 9.17) is 0 Å². The predicted molar refractivity (Wildman–Crippen MR) is 99.5 cm³/mol.